The average molecular weight is 199 g/mol. The lowest BCUT2D eigenvalue weighted by Crippen LogP contribution is -2.38. The fourth-order valence-electron chi connectivity index (χ4n) is 2.27. The van der Waals surface area contributed by atoms with Gasteiger partial charge in [0.25, 0.3) is 0 Å². The van der Waals surface area contributed by atoms with Gasteiger partial charge in [0.15, 0.2) is 0 Å². The zero-order chi connectivity index (χ0) is 10.4. The average Bonchev–Trinajstić information content (AvgIpc) is 2.50. The summed E-state index contributed by atoms with van der Waals surface area (Å²) in [5.74, 6) is 0. The Bertz CT molecular complexity index is 147. The Morgan fingerprint density at radius 2 is 2.07 bits per heavy atom. The summed E-state index contributed by atoms with van der Waals surface area (Å²) in [6, 6.07) is 0.660. The molecule has 0 bridgehead atoms. The molecular weight excluding hydrogens is 174 g/mol. The molecule has 0 aromatic rings. The molecule has 2 saturated heterocycles. The molecule has 84 valence electrons. The SMILES string of the molecule is CC1CC2(CCCCO2)CN1.CCC. The molecule has 0 saturated carbocycles. The number of nitrogens with one attached hydrogen (secondary N) is 1. The van der Waals surface area contributed by atoms with Crippen LogP contribution in [-0.4, -0.2) is 24.8 Å². The Balaban J connectivity index is 0.000000293. The Kier molecular flexibility index (Phi) is 4.90. The molecule has 0 aliphatic carbocycles. The van der Waals surface area contributed by atoms with Gasteiger partial charge in [0.05, 0.1) is 5.60 Å². The van der Waals surface area contributed by atoms with Crippen molar-refractivity contribution in [3.63, 3.8) is 0 Å². The fraction of sp³-hybridized carbons (Fsp3) is 1.00. The van der Waals surface area contributed by atoms with Crippen molar-refractivity contribution in [3.8, 4) is 0 Å². The first-order chi connectivity index (χ1) is 6.72. The fourth-order valence-corrected chi connectivity index (χ4v) is 2.27. The number of hydrogen-bond donors (Lipinski definition) is 1. The summed E-state index contributed by atoms with van der Waals surface area (Å²) in [5.41, 5.74) is 0.234. The van der Waals surface area contributed by atoms with Crippen molar-refractivity contribution >= 4 is 0 Å². The third kappa shape index (κ3) is 3.25. The summed E-state index contributed by atoms with van der Waals surface area (Å²) in [5, 5.41) is 3.46. The highest BCUT2D eigenvalue weighted by Gasteiger charge is 2.39. The van der Waals surface area contributed by atoms with Crippen molar-refractivity contribution in [3.05, 3.63) is 0 Å². The molecule has 2 aliphatic heterocycles. The molecule has 2 unspecified atom stereocenters. The molecule has 1 N–H and O–H groups in total. The van der Waals surface area contributed by atoms with Crippen LogP contribution in [0.1, 0.15) is 52.9 Å². The number of ether oxygens (including phenoxy) is 1. The van der Waals surface area contributed by atoms with E-state index in [1.54, 1.807) is 0 Å². The van der Waals surface area contributed by atoms with Gasteiger partial charge in [0.2, 0.25) is 0 Å². The predicted molar refractivity (Wildman–Crippen MR) is 60.6 cm³/mol. The molecule has 2 aliphatic rings. The molecular formula is C12H25NO. The predicted octanol–water partition coefficient (Wildman–Crippen LogP) is 2.72. The molecule has 2 atom stereocenters. The summed E-state index contributed by atoms with van der Waals surface area (Å²) in [7, 11) is 0. The standard InChI is InChI=1S/C9H17NO.C3H8/c1-8-6-9(7-10-8)4-2-3-5-11-9;1-3-2/h8,10H,2-7H2,1H3;3H2,1-2H3. The minimum Gasteiger partial charge on any atom is -0.374 e. The third-order valence-corrected chi connectivity index (χ3v) is 2.89. The minimum atomic E-state index is 0.234. The summed E-state index contributed by atoms with van der Waals surface area (Å²) >= 11 is 0. The molecule has 0 aromatic carbocycles. The van der Waals surface area contributed by atoms with Gasteiger partial charge in [-0.3, -0.25) is 0 Å². The van der Waals surface area contributed by atoms with E-state index in [0.29, 0.717) is 6.04 Å². The molecule has 2 heteroatoms. The van der Waals surface area contributed by atoms with E-state index in [1.807, 2.05) is 0 Å². The maximum absolute atomic E-state index is 5.83. The molecule has 0 radical (unpaired) electrons. The molecule has 2 fully saturated rings. The van der Waals surface area contributed by atoms with Crippen LogP contribution in [0.4, 0.5) is 0 Å². The largest absolute Gasteiger partial charge is 0.374 e. The number of rotatable bonds is 0. The van der Waals surface area contributed by atoms with Crippen molar-refractivity contribution in [2.45, 2.75) is 64.5 Å². The summed E-state index contributed by atoms with van der Waals surface area (Å²) < 4.78 is 5.83. The van der Waals surface area contributed by atoms with Gasteiger partial charge in [-0.15, -0.1) is 0 Å². The van der Waals surface area contributed by atoms with Crippen molar-refractivity contribution in [1.29, 1.82) is 0 Å². The first-order valence-corrected chi connectivity index (χ1v) is 6.10. The first kappa shape index (κ1) is 12.0. The van der Waals surface area contributed by atoms with Crippen LogP contribution in [0.15, 0.2) is 0 Å². The molecule has 1 spiro atoms. The van der Waals surface area contributed by atoms with E-state index in [4.69, 9.17) is 4.74 Å². The smallest absolute Gasteiger partial charge is 0.0821 e. The Morgan fingerprint density at radius 3 is 2.50 bits per heavy atom. The highest BCUT2D eigenvalue weighted by atomic mass is 16.5. The van der Waals surface area contributed by atoms with Crippen LogP contribution in [0.3, 0.4) is 0 Å². The van der Waals surface area contributed by atoms with Crippen LogP contribution in [0.25, 0.3) is 0 Å². The zero-order valence-electron chi connectivity index (χ0n) is 9.94. The van der Waals surface area contributed by atoms with Gasteiger partial charge in [-0.05, 0) is 32.6 Å². The quantitative estimate of drug-likeness (QED) is 0.647. The van der Waals surface area contributed by atoms with Crippen LogP contribution in [0.2, 0.25) is 0 Å². The van der Waals surface area contributed by atoms with Gasteiger partial charge in [0.1, 0.15) is 0 Å². The maximum atomic E-state index is 5.83. The highest BCUT2D eigenvalue weighted by molar-refractivity contribution is 4.95. The molecule has 0 aromatic heterocycles. The van der Waals surface area contributed by atoms with Gasteiger partial charge in [-0.25, -0.2) is 0 Å². The second kappa shape index (κ2) is 5.72. The zero-order valence-corrected chi connectivity index (χ0v) is 9.94. The summed E-state index contributed by atoms with van der Waals surface area (Å²) in [6.45, 7) is 8.55. The van der Waals surface area contributed by atoms with E-state index >= 15 is 0 Å². The minimum absolute atomic E-state index is 0.234. The van der Waals surface area contributed by atoms with Crippen molar-refractivity contribution in [1.82, 2.24) is 5.32 Å². The van der Waals surface area contributed by atoms with Gasteiger partial charge >= 0.3 is 0 Å². The second-order valence-corrected chi connectivity index (χ2v) is 4.68. The van der Waals surface area contributed by atoms with Gasteiger partial charge in [-0.2, -0.15) is 0 Å². The second-order valence-electron chi connectivity index (χ2n) is 4.68. The van der Waals surface area contributed by atoms with E-state index < -0.39 is 0 Å². The van der Waals surface area contributed by atoms with Crippen molar-refractivity contribution in [2.24, 2.45) is 0 Å². The molecule has 0 amide bonds. The van der Waals surface area contributed by atoms with E-state index in [9.17, 15) is 0 Å². The normalized spacial score (nSPS) is 36.6. The first-order valence-electron chi connectivity index (χ1n) is 6.10. The van der Waals surface area contributed by atoms with Crippen LogP contribution in [0, 0.1) is 0 Å². The Morgan fingerprint density at radius 1 is 1.36 bits per heavy atom. The molecule has 2 heterocycles. The van der Waals surface area contributed by atoms with E-state index in [1.165, 1.54) is 32.1 Å². The van der Waals surface area contributed by atoms with Crippen molar-refractivity contribution in [2.75, 3.05) is 13.2 Å². The Hall–Kier alpha value is -0.0800. The molecule has 2 rings (SSSR count). The third-order valence-electron chi connectivity index (χ3n) is 2.89. The van der Waals surface area contributed by atoms with Crippen LogP contribution >= 0.6 is 0 Å². The lowest BCUT2D eigenvalue weighted by atomic mass is 9.91. The van der Waals surface area contributed by atoms with Crippen LogP contribution in [-0.2, 0) is 4.74 Å². The highest BCUT2D eigenvalue weighted by Crippen LogP contribution is 2.32. The van der Waals surface area contributed by atoms with E-state index in [0.717, 1.165) is 13.2 Å². The Labute approximate surface area is 88.4 Å². The van der Waals surface area contributed by atoms with Gasteiger partial charge in [0, 0.05) is 19.2 Å². The lowest BCUT2D eigenvalue weighted by molar-refractivity contribution is -0.0646. The monoisotopic (exact) mass is 199 g/mol. The topological polar surface area (TPSA) is 21.3 Å². The summed E-state index contributed by atoms with van der Waals surface area (Å²) in [4.78, 5) is 0. The van der Waals surface area contributed by atoms with Crippen LogP contribution in [0.5, 0.6) is 0 Å². The maximum Gasteiger partial charge on any atom is 0.0821 e. The van der Waals surface area contributed by atoms with E-state index in [2.05, 4.69) is 26.1 Å². The van der Waals surface area contributed by atoms with Gasteiger partial charge in [-0.1, -0.05) is 20.3 Å². The van der Waals surface area contributed by atoms with Crippen LogP contribution < -0.4 is 5.32 Å². The van der Waals surface area contributed by atoms with Gasteiger partial charge < -0.3 is 10.1 Å². The number of hydrogen-bond acceptors (Lipinski definition) is 2. The molecule has 2 nitrogen and oxygen atoms in total. The van der Waals surface area contributed by atoms with E-state index in [-0.39, 0.29) is 5.60 Å². The lowest BCUT2D eigenvalue weighted by Gasteiger charge is -2.32. The summed E-state index contributed by atoms with van der Waals surface area (Å²) in [6.07, 6.45) is 6.35. The molecule has 14 heavy (non-hydrogen) atoms. The van der Waals surface area contributed by atoms with Crippen molar-refractivity contribution < 1.29 is 4.74 Å².